The Bertz CT molecular complexity index is 985. The van der Waals surface area contributed by atoms with E-state index in [4.69, 9.17) is 21.3 Å². The van der Waals surface area contributed by atoms with Crippen molar-refractivity contribution >= 4 is 34.1 Å². The summed E-state index contributed by atoms with van der Waals surface area (Å²) in [6, 6.07) is 12.8. The standard InChI is InChI=1S/C20H17ClN2O2/c1-25-18-8-3-2-6-16(18)23-20(24)12-9-10-14-17(11-12)22-15-7-4-5-13(15)19(14)21/h2-3,6,8-11H,4-5,7H2,1H3,(H,23,24). The Kier molecular flexibility index (Phi) is 4.06. The van der Waals surface area contributed by atoms with Crippen molar-refractivity contribution < 1.29 is 9.53 Å². The molecule has 1 aliphatic rings. The highest BCUT2D eigenvalue weighted by atomic mass is 35.5. The number of aromatic nitrogens is 1. The molecule has 126 valence electrons. The van der Waals surface area contributed by atoms with Crippen LogP contribution in [0.4, 0.5) is 5.69 Å². The summed E-state index contributed by atoms with van der Waals surface area (Å²) in [5.74, 6) is 0.417. The molecule has 1 amide bonds. The molecule has 0 spiro atoms. The van der Waals surface area contributed by atoms with Crippen LogP contribution in [0.3, 0.4) is 0 Å². The molecule has 2 aromatic carbocycles. The predicted molar refractivity (Wildman–Crippen MR) is 99.7 cm³/mol. The van der Waals surface area contributed by atoms with Gasteiger partial charge in [0.15, 0.2) is 0 Å². The molecule has 1 heterocycles. The number of halogens is 1. The first kappa shape index (κ1) is 15.9. The van der Waals surface area contributed by atoms with Crippen LogP contribution in [0.5, 0.6) is 5.75 Å². The van der Waals surface area contributed by atoms with Crippen LogP contribution in [-0.2, 0) is 12.8 Å². The zero-order valence-corrected chi connectivity index (χ0v) is 14.6. The lowest BCUT2D eigenvalue weighted by Crippen LogP contribution is -2.12. The quantitative estimate of drug-likeness (QED) is 0.747. The highest BCUT2D eigenvalue weighted by Gasteiger charge is 2.19. The maximum Gasteiger partial charge on any atom is 0.255 e. The summed E-state index contributed by atoms with van der Waals surface area (Å²) < 4.78 is 5.27. The Labute approximate surface area is 150 Å². The first-order valence-corrected chi connectivity index (χ1v) is 8.60. The van der Waals surface area contributed by atoms with Gasteiger partial charge in [-0.1, -0.05) is 29.8 Å². The number of hydrogen-bond donors (Lipinski definition) is 1. The smallest absolute Gasteiger partial charge is 0.255 e. The van der Waals surface area contributed by atoms with E-state index < -0.39 is 0 Å². The lowest BCUT2D eigenvalue weighted by atomic mass is 10.1. The first-order chi connectivity index (χ1) is 12.2. The molecule has 1 aromatic heterocycles. The van der Waals surface area contributed by atoms with Crippen LogP contribution in [0.2, 0.25) is 5.02 Å². The summed E-state index contributed by atoms with van der Waals surface area (Å²) in [4.78, 5) is 17.3. The fourth-order valence-electron chi connectivity index (χ4n) is 3.29. The third kappa shape index (κ3) is 2.83. The van der Waals surface area contributed by atoms with Crippen molar-refractivity contribution in [1.82, 2.24) is 4.98 Å². The van der Waals surface area contributed by atoms with E-state index in [9.17, 15) is 4.79 Å². The Balaban J connectivity index is 1.70. The number of rotatable bonds is 3. The molecule has 0 aliphatic heterocycles. The van der Waals surface area contributed by atoms with Gasteiger partial charge in [0.2, 0.25) is 0 Å². The maximum absolute atomic E-state index is 12.6. The number of benzene rings is 2. The third-order valence-electron chi connectivity index (χ3n) is 4.56. The molecule has 0 radical (unpaired) electrons. The Morgan fingerprint density at radius 2 is 2.04 bits per heavy atom. The number of methoxy groups -OCH3 is 1. The van der Waals surface area contributed by atoms with Gasteiger partial charge in [-0.2, -0.15) is 0 Å². The molecule has 0 saturated carbocycles. The van der Waals surface area contributed by atoms with E-state index in [-0.39, 0.29) is 5.91 Å². The minimum Gasteiger partial charge on any atom is -0.495 e. The van der Waals surface area contributed by atoms with Gasteiger partial charge in [-0.15, -0.1) is 0 Å². The molecule has 0 saturated heterocycles. The van der Waals surface area contributed by atoms with Crippen LogP contribution in [0.15, 0.2) is 42.5 Å². The topological polar surface area (TPSA) is 51.2 Å². The first-order valence-electron chi connectivity index (χ1n) is 8.23. The van der Waals surface area contributed by atoms with Crippen molar-refractivity contribution in [2.75, 3.05) is 12.4 Å². The number of aryl methyl sites for hydroxylation is 1. The van der Waals surface area contributed by atoms with Gasteiger partial charge >= 0.3 is 0 Å². The summed E-state index contributed by atoms with van der Waals surface area (Å²) in [7, 11) is 1.58. The van der Waals surface area contributed by atoms with Crippen LogP contribution in [0.1, 0.15) is 28.0 Å². The van der Waals surface area contributed by atoms with E-state index in [0.717, 1.165) is 46.4 Å². The zero-order chi connectivity index (χ0) is 17.4. The molecule has 0 fully saturated rings. The van der Waals surface area contributed by atoms with E-state index >= 15 is 0 Å². The largest absolute Gasteiger partial charge is 0.495 e. The fraction of sp³-hybridized carbons (Fsp3) is 0.200. The summed E-state index contributed by atoms with van der Waals surface area (Å²) in [6.07, 6.45) is 3.01. The number of carbonyl (C=O) groups excluding carboxylic acids is 1. The molecule has 5 heteroatoms. The minimum absolute atomic E-state index is 0.204. The molecule has 4 nitrogen and oxygen atoms in total. The maximum atomic E-state index is 12.6. The number of anilines is 1. The van der Waals surface area contributed by atoms with Crippen LogP contribution in [0.25, 0.3) is 10.9 Å². The van der Waals surface area contributed by atoms with Crippen molar-refractivity contribution in [3.05, 3.63) is 64.3 Å². The highest BCUT2D eigenvalue weighted by Crippen LogP contribution is 2.34. The number of nitrogens with one attached hydrogen (secondary N) is 1. The highest BCUT2D eigenvalue weighted by molar-refractivity contribution is 6.36. The van der Waals surface area contributed by atoms with Crippen molar-refractivity contribution in [2.45, 2.75) is 19.3 Å². The second kappa shape index (κ2) is 6.37. The van der Waals surface area contributed by atoms with Gasteiger partial charge in [0.05, 0.1) is 23.3 Å². The van der Waals surface area contributed by atoms with Gasteiger partial charge in [-0.05, 0) is 49.1 Å². The molecule has 4 rings (SSSR count). The molecule has 0 unspecified atom stereocenters. The van der Waals surface area contributed by atoms with Crippen molar-refractivity contribution in [2.24, 2.45) is 0 Å². The Morgan fingerprint density at radius 3 is 2.88 bits per heavy atom. The normalized spacial score (nSPS) is 12.9. The van der Waals surface area contributed by atoms with E-state index in [2.05, 4.69) is 5.32 Å². The number of ether oxygens (including phenoxy) is 1. The fourth-order valence-corrected chi connectivity index (χ4v) is 3.65. The van der Waals surface area contributed by atoms with Crippen molar-refractivity contribution in [3.63, 3.8) is 0 Å². The number of para-hydroxylation sites is 2. The molecular weight excluding hydrogens is 336 g/mol. The van der Waals surface area contributed by atoms with E-state index in [1.807, 2.05) is 18.2 Å². The average Bonchev–Trinajstić information content (AvgIpc) is 3.10. The second-order valence-electron chi connectivity index (χ2n) is 6.09. The van der Waals surface area contributed by atoms with Gasteiger partial charge in [0, 0.05) is 16.6 Å². The average molecular weight is 353 g/mol. The van der Waals surface area contributed by atoms with Gasteiger partial charge in [0.25, 0.3) is 5.91 Å². The molecule has 25 heavy (non-hydrogen) atoms. The number of nitrogens with zero attached hydrogens (tertiary/aromatic N) is 1. The summed E-state index contributed by atoms with van der Waals surface area (Å²) in [5, 5.41) is 4.56. The zero-order valence-electron chi connectivity index (χ0n) is 13.8. The number of hydrogen-bond acceptors (Lipinski definition) is 3. The van der Waals surface area contributed by atoms with Gasteiger partial charge in [-0.3, -0.25) is 9.78 Å². The van der Waals surface area contributed by atoms with Crippen LogP contribution in [0, 0.1) is 0 Å². The summed E-state index contributed by atoms with van der Waals surface area (Å²) in [6.45, 7) is 0. The van der Waals surface area contributed by atoms with Crippen LogP contribution >= 0.6 is 11.6 Å². The van der Waals surface area contributed by atoms with Crippen molar-refractivity contribution in [1.29, 1.82) is 0 Å². The lowest BCUT2D eigenvalue weighted by molar-refractivity contribution is 0.102. The molecular formula is C20H17ClN2O2. The van der Waals surface area contributed by atoms with Gasteiger partial charge in [-0.25, -0.2) is 0 Å². The van der Waals surface area contributed by atoms with Crippen molar-refractivity contribution in [3.8, 4) is 5.75 Å². The third-order valence-corrected chi connectivity index (χ3v) is 4.99. The summed E-state index contributed by atoms with van der Waals surface area (Å²) in [5.41, 5.74) is 4.15. The monoisotopic (exact) mass is 352 g/mol. The number of fused-ring (bicyclic) bond motifs is 2. The number of carbonyl (C=O) groups is 1. The number of pyridine rings is 1. The molecule has 1 N–H and O–H groups in total. The van der Waals surface area contributed by atoms with Gasteiger partial charge in [0.1, 0.15) is 5.75 Å². The predicted octanol–water partition coefficient (Wildman–Crippen LogP) is 4.64. The van der Waals surface area contributed by atoms with Crippen LogP contribution in [-0.4, -0.2) is 18.0 Å². The SMILES string of the molecule is COc1ccccc1NC(=O)c1ccc2c(Cl)c3c(nc2c1)CCC3. The van der Waals surface area contributed by atoms with E-state index in [1.165, 1.54) is 0 Å². The molecule has 1 aliphatic carbocycles. The molecule has 0 atom stereocenters. The lowest BCUT2D eigenvalue weighted by Gasteiger charge is -2.11. The van der Waals surface area contributed by atoms with E-state index in [0.29, 0.717) is 17.0 Å². The second-order valence-corrected chi connectivity index (χ2v) is 6.47. The molecule has 3 aromatic rings. The van der Waals surface area contributed by atoms with Crippen LogP contribution < -0.4 is 10.1 Å². The summed E-state index contributed by atoms with van der Waals surface area (Å²) >= 11 is 6.53. The van der Waals surface area contributed by atoms with Gasteiger partial charge < -0.3 is 10.1 Å². The Morgan fingerprint density at radius 1 is 1.20 bits per heavy atom. The Hall–Kier alpha value is -2.59. The number of amides is 1. The van der Waals surface area contributed by atoms with E-state index in [1.54, 1.807) is 31.4 Å². The molecule has 0 bridgehead atoms. The minimum atomic E-state index is -0.204.